The van der Waals surface area contributed by atoms with Gasteiger partial charge in [0.1, 0.15) is 0 Å². The number of hydrogen-bond donors (Lipinski definition) is 2. The third-order valence-electron chi connectivity index (χ3n) is 4.49. The maximum atomic E-state index is 12.2. The highest BCUT2D eigenvalue weighted by Gasteiger charge is 2.26. The molecule has 0 spiro atoms. The van der Waals surface area contributed by atoms with Crippen molar-refractivity contribution in [2.75, 3.05) is 19.8 Å². The van der Waals surface area contributed by atoms with E-state index in [1.165, 1.54) is 0 Å². The Labute approximate surface area is 136 Å². The molecule has 1 amide bonds. The van der Waals surface area contributed by atoms with Gasteiger partial charge in [-0.25, -0.2) is 0 Å². The van der Waals surface area contributed by atoms with Crippen LogP contribution in [0.1, 0.15) is 18.4 Å². The van der Waals surface area contributed by atoms with Crippen molar-refractivity contribution in [1.82, 2.24) is 10.3 Å². The van der Waals surface area contributed by atoms with E-state index in [9.17, 15) is 4.79 Å². The Kier molecular flexibility index (Phi) is 5.20. The first-order valence-corrected chi connectivity index (χ1v) is 8.19. The molecule has 1 aliphatic heterocycles. The van der Waals surface area contributed by atoms with Gasteiger partial charge in [-0.2, -0.15) is 0 Å². The lowest BCUT2D eigenvalue weighted by Crippen LogP contribution is -2.47. The molecule has 1 aromatic heterocycles. The van der Waals surface area contributed by atoms with Gasteiger partial charge in [0.05, 0.1) is 11.6 Å². The van der Waals surface area contributed by atoms with Gasteiger partial charge in [0.2, 0.25) is 5.91 Å². The van der Waals surface area contributed by atoms with Crippen LogP contribution in [-0.2, 0) is 16.0 Å². The molecule has 0 aliphatic carbocycles. The lowest BCUT2D eigenvalue weighted by molar-refractivity contribution is -0.124. The maximum Gasteiger partial charge on any atom is 0.237 e. The summed E-state index contributed by atoms with van der Waals surface area (Å²) in [5.41, 5.74) is 8.22. The third-order valence-corrected chi connectivity index (χ3v) is 4.49. The van der Waals surface area contributed by atoms with Crippen molar-refractivity contribution in [3.63, 3.8) is 0 Å². The Morgan fingerprint density at radius 2 is 2.09 bits per heavy atom. The fourth-order valence-electron chi connectivity index (χ4n) is 3.10. The SMILES string of the molecule is NC(C(=O)NCCc1cccc2cccnc12)C1CCOCC1. The van der Waals surface area contributed by atoms with Crippen LogP contribution < -0.4 is 11.1 Å². The van der Waals surface area contributed by atoms with E-state index in [4.69, 9.17) is 10.5 Å². The fourth-order valence-corrected chi connectivity index (χ4v) is 3.10. The smallest absolute Gasteiger partial charge is 0.237 e. The molecule has 2 heterocycles. The average Bonchev–Trinajstić information content (AvgIpc) is 2.62. The summed E-state index contributed by atoms with van der Waals surface area (Å²) >= 11 is 0. The number of carbonyl (C=O) groups excluding carboxylic acids is 1. The number of nitrogens with one attached hydrogen (secondary N) is 1. The summed E-state index contributed by atoms with van der Waals surface area (Å²) in [4.78, 5) is 16.6. The van der Waals surface area contributed by atoms with Crippen LogP contribution in [0.5, 0.6) is 0 Å². The van der Waals surface area contributed by atoms with Gasteiger partial charge in [-0.1, -0.05) is 24.3 Å². The van der Waals surface area contributed by atoms with E-state index in [2.05, 4.69) is 16.4 Å². The van der Waals surface area contributed by atoms with Crippen LogP contribution in [0, 0.1) is 5.92 Å². The van der Waals surface area contributed by atoms with E-state index in [0.717, 1.165) is 35.7 Å². The van der Waals surface area contributed by atoms with Crippen LogP contribution in [0.4, 0.5) is 0 Å². The zero-order chi connectivity index (χ0) is 16.1. The largest absolute Gasteiger partial charge is 0.381 e. The first-order chi connectivity index (χ1) is 11.3. The Morgan fingerprint density at radius 1 is 1.30 bits per heavy atom. The number of nitrogens with two attached hydrogens (primary N) is 1. The maximum absolute atomic E-state index is 12.2. The molecule has 0 radical (unpaired) electrons. The van der Waals surface area contributed by atoms with Gasteiger partial charge in [0.25, 0.3) is 0 Å². The summed E-state index contributed by atoms with van der Waals surface area (Å²) in [5, 5.41) is 4.08. The summed E-state index contributed by atoms with van der Waals surface area (Å²) in [6.45, 7) is 1.98. The first kappa shape index (κ1) is 15.9. The number of pyridine rings is 1. The predicted octanol–water partition coefficient (Wildman–Crippen LogP) is 1.65. The van der Waals surface area contributed by atoms with Crippen molar-refractivity contribution in [3.8, 4) is 0 Å². The molecule has 1 aliphatic rings. The second-order valence-corrected chi connectivity index (χ2v) is 6.01. The van der Waals surface area contributed by atoms with Crippen molar-refractivity contribution in [3.05, 3.63) is 42.1 Å². The molecule has 1 saturated heterocycles. The van der Waals surface area contributed by atoms with Gasteiger partial charge in [-0.15, -0.1) is 0 Å². The van der Waals surface area contributed by atoms with Crippen LogP contribution in [0.25, 0.3) is 10.9 Å². The molecule has 2 aromatic rings. The number of aromatic nitrogens is 1. The van der Waals surface area contributed by atoms with Crippen molar-refractivity contribution < 1.29 is 9.53 Å². The number of fused-ring (bicyclic) bond motifs is 1. The van der Waals surface area contributed by atoms with Crippen molar-refractivity contribution in [1.29, 1.82) is 0 Å². The number of para-hydroxylation sites is 1. The van der Waals surface area contributed by atoms with Crippen molar-refractivity contribution in [2.45, 2.75) is 25.3 Å². The molecule has 1 fully saturated rings. The molecule has 0 saturated carbocycles. The molecule has 3 rings (SSSR count). The normalized spacial score (nSPS) is 17.1. The summed E-state index contributed by atoms with van der Waals surface area (Å²) in [7, 11) is 0. The first-order valence-electron chi connectivity index (χ1n) is 8.19. The molecule has 0 bridgehead atoms. The monoisotopic (exact) mass is 313 g/mol. The van der Waals surface area contributed by atoms with Crippen LogP contribution in [0.2, 0.25) is 0 Å². The molecule has 1 aromatic carbocycles. The van der Waals surface area contributed by atoms with E-state index in [1.807, 2.05) is 24.3 Å². The number of hydrogen-bond acceptors (Lipinski definition) is 4. The quantitative estimate of drug-likeness (QED) is 0.880. The third kappa shape index (κ3) is 3.86. The highest BCUT2D eigenvalue weighted by molar-refractivity contribution is 5.83. The van der Waals surface area contributed by atoms with Gasteiger partial charge < -0.3 is 15.8 Å². The number of rotatable bonds is 5. The van der Waals surface area contributed by atoms with Crippen molar-refractivity contribution >= 4 is 16.8 Å². The van der Waals surface area contributed by atoms with Gasteiger partial charge >= 0.3 is 0 Å². The van der Waals surface area contributed by atoms with E-state index in [-0.39, 0.29) is 11.8 Å². The minimum Gasteiger partial charge on any atom is -0.381 e. The Morgan fingerprint density at radius 3 is 2.91 bits per heavy atom. The zero-order valence-electron chi connectivity index (χ0n) is 13.2. The summed E-state index contributed by atoms with van der Waals surface area (Å²) in [6.07, 6.45) is 4.27. The van der Waals surface area contributed by atoms with E-state index < -0.39 is 6.04 Å². The highest BCUT2D eigenvalue weighted by atomic mass is 16.5. The average molecular weight is 313 g/mol. The molecule has 5 nitrogen and oxygen atoms in total. The van der Waals surface area contributed by atoms with E-state index in [1.54, 1.807) is 6.20 Å². The lowest BCUT2D eigenvalue weighted by Gasteiger charge is -2.26. The Balaban J connectivity index is 1.55. The molecule has 122 valence electrons. The van der Waals surface area contributed by atoms with Gasteiger partial charge in [-0.3, -0.25) is 9.78 Å². The summed E-state index contributed by atoms with van der Waals surface area (Å²) < 4.78 is 5.32. The van der Waals surface area contributed by atoms with Crippen molar-refractivity contribution in [2.24, 2.45) is 11.7 Å². The molecule has 1 unspecified atom stereocenters. The van der Waals surface area contributed by atoms with E-state index >= 15 is 0 Å². The molecular formula is C18H23N3O2. The summed E-state index contributed by atoms with van der Waals surface area (Å²) in [5.74, 6) is 0.160. The Bertz CT molecular complexity index is 663. The number of carbonyl (C=O) groups is 1. The minimum absolute atomic E-state index is 0.0647. The minimum atomic E-state index is -0.440. The topological polar surface area (TPSA) is 77.2 Å². The fraction of sp³-hybridized carbons (Fsp3) is 0.444. The molecule has 1 atom stereocenters. The molecular weight excluding hydrogens is 290 g/mol. The highest BCUT2D eigenvalue weighted by Crippen LogP contribution is 2.18. The second kappa shape index (κ2) is 7.53. The van der Waals surface area contributed by atoms with Crippen LogP contribution >= 0.6 is 0 Å². The van der Waals surface area contributed by atoms with Crippen LogP contribution in [0.15, 0.2) is 36.5 Å². The molecule has 23 heavy (non-hydrogen) atoms. The molecule has 3 N–H and O–H groups in total. The summed E-state index contributed by atoms with van der Waals surface area (Å²) in [6, 6.07) is 9.66. The number of ether oxygens (including phenoxy) is 1. The number of nitrogens with zero attached hydrogens (tertiary/aromatic N) is 1. The molecule has 5 heteroatoms. The zero-order valence-corrected chi connectivity index (χ0v) is 13.2. The van der Waals surface area contributed by atoms with Gasteiger partial charge in [0, 0.05) is 31.3 Å². The van der Waals surface area contributed by atoms with E-state index in [0.29, 0.717) is 19.8 Å². The predicted molar refractivity (Wildman–Crippen MR) is 90.0 cm³/mol. The van der Waals surface area contributed by atoms with Crippen LogP contribution in [-0.4, -0.2) is 36.7 Å². The number of amides is 1. The van der Waals surface area contributed by atoms with Gasteiger partial charge in [0.15, 0.2) is 0 Å². The number of benzene rings is 1. The van der Waals surface area contributed by atoms with Crippen LogP contribution in [0.3, 0.4) is 0 Å². The van der Waals surface area contributed by atoms with Gasteiger partial charge in [-0.05, 0) is 36.8 Å². The lowest BCUT2D eigenvalue weighted by atomic mass is 9.92. The Hall–Kier alpha value is -1.98. The second-order valence-electron chi connectivity index (χ2n) is 6.01. The standard InChI is InChI=1S/C18H23N3O2/c19-16(13-7-11-23-12-8-13)18(22)21-10-6-15-4-1-3-14-5-2-9-20-17(14)15/h1-5,9,13,16H,6-8,10-12,19H2,(H,21,22).